The fourth-order valence-electron chi connectivity index (χ4n) is 2.76. The lowest BCUT2D eigenvalue weighted by molar-refractivity contribution is 0.0696. The molecule has 2 rings (SSSR count). The number of nitrogens with zero attached hydrogens (tertiary/aromatic N) is 3. The van der Waals surface area contributed by atoms with Crippen LogP contribution in [-0.4, -0.2) is 74.4 Å². The molecule has 1 aromatic heterocycles. The first-order valence-corrected chi connectivity index (χ1v) is 9.73. The summed E-state index contributed by atoms with van der Waals surface area (Å²) in [6.07, 6.45) is 2.47. The Morgan fingerprint density at radius 2 is 2.28 bits per heavy atom. The number of anilines is 1. The third kappa shape index (κ3) is 4.60. The molecule has 0 aromatic carbocycles. The molecule has 1 aromatic rings. The normalized spacial score (nSPS) is 18.6. The molecule has 1 saturated heterocycles. The fourth-order valence-corrected chi connectivity index (χ4v) is 4.71. The maximum atomic E-state index is 12.7. The monoisotopic (exact) mass is 391 g/mol. The third-order valence-electron chi connectivity index (χ3n) is 4.21. The first kappa shape index (κ1) is 19.9. The molecule has 1 atom stereocenters. The van der Waals surface area contributed by atoms with E-state index in [-0.39, 0.29) is 17.1 Å². The molecule has 140 valence electrons. The number of carbonyl (C=O) groups is 1. The van der Waals surface area contributed by atoms with E-state index in [0.717, 1.165) is 0 Å². The van der Waals surface area contributed by atoms with Crippen molar-refractivity contribution in [2.24, 2.45) is 0 Å². The Labute approximate surface area is 152 Å². The number of methoxy groups -OCH3 is 1. The summed E-state index contributed by atoms with van der Waals surface area (Å²) in [5.74, 6) is -0.703. The number of sulfonamides is 1. The Bertz CT molecular complexity index is 728. The van der Waals surface area contributed by atoms with Gasteiger partial charge in [0.15, 0.2) is 0 Å². The number of piperidine rings is 1. The van der Waals surface area contributed by atoms with Gasteiger partial charge in [0.05, 0.1) is 22.4 Å². The van der Waals surface area contributed by atoms with Crippen molar-refractivity contribution >= 4 is 33.4 Å². The number of hydrogen-bond acceptors (Lipinski definition) is 6. The summed E-state index contributed by atoms with van der Waals surface area (Å²) in [6, 6.07) is 1.33. The number of aromatic nitrogens is 1. The van der Waals surface area contributed by atoms with Crippen LogP contribution < -0.4 is 4.90 Å². The molecule has 0 saturated carbocycles. The van der Waals surface area contributed by atoms with Gasteiger partial charge in [0.2, 0.25) is 10.0 Å². The molecular formula is C15H22ClN3O5S. The fraction of sp³-hybridized carbons (Fsp3) is 0.600. The summed E-state index contributed by atoms with van der Waals surface area (Å²) in [6.45, 7) is 1.50. The molecule has 1 fully saturated rings. The van der Waals surface area contributed by atoms with Crippen LogP contribution in [0.5, 0.6) is 0 Å². The van der Waals surface area contributed by atoms with Gasteiger partial charge >= 0.3 is 5.97 Å². The van der Waals surface area contributed by atoms with Crippen LogP contribution in [0.2, 0.25) is 5.02 Å². The summed E-state index contributed by atoms with van der Waals surface area (Å²) in [7, 11) is -0.396. The van der Waals surface area contributed by atoms with E-state index < -0.39 is 21.2 Å². The molecular weight excluding hydrogens is 370 g/mol. The zero-order valence-electron chi connectivity index (χ0n) is 14.2. The van der Waals surface area contributed by atoms with Gasteiger partial charge in [0.25, 0.3) is 0 Å². The molecule has 25 heavy (non-hydrogen) atoms. The minimum atomic E-state index is -3.46. The molecule has 1 aliphatic heterocycles. The van der Waals surface area contributed by atoms with Gasteiger partial charge in [0.1, 0.15) is 5.82 Å². The first-order valence-electron chi connectivity index (χ1n) is 7.85. The minimum absolute atomic E-state index is 0.00534. The van der Waals surface area contributed by atoms with Gasteiger partial charge in [-0.1, -0.05) is 11.6 Å². The molecule has 1 unspecified atom stereocenters. The molecule has 8 nitrogen and oxygen atoms in total. The van der Waals surface area contributed by atoms with Gasteiger partial charge in [-0.15, -0.1) is 0 Å². The molecule has 2 heterocycles. The zero-order valence-corrected chi connectivity index (χ0v) is 15.8. The van der Waals surface area contributed by atoms with Crippen molar-refractivity contribution in [2.45, 2.75) is 18.1 Å². The number of ether oxygens (including phenoxy) is 1. The minimum Gasteiger partial charge on any atom is -0.478 e. The van der Waals surface area contributed by atoms with Crippen molar-refractivity contribution in [1.29, 1.82) is 0 Å². The Hall–Kier alpha value is -1.42. The summed E-state index contributed by atoms with van der Waals surface area (Å²) < 4.78 is 31.7. The topological polar surface area (TPSA) is 100 Å². The van der Waals surface area contributed by atoms with Crippen LogP contribution in [0.25, 0.3) is 0 Å². The highest BCUT2D eigenvalue weighted by atomic mass is 35.5. The van der Waals surface area contributed by atoms with Crippen molar-refractivity contribution in [1.82, 2.24) is 9.29 Å². The van der Waals surface area contributed by atoms with Gasteiger partial charge in [-0.2, -0.15) is 0 Å². The van der Waals surface area contributed by atoms with Gasteiger partial charge in [-0.05, 0) is 18.9 Å². The van der Waals surface area contributed by atoms with Crippen LogP contribution in [0.4, 0.5) is 5.82 Å². The molecule has 0 spiro atoms. The second-order valence-electron chi connectivity index (χ2n) is 5.90. The van der Waals surface area contributed by atoms with E-state index in [1.165, 1.54) is 23.7 Å². The van der Waals surface area contributed by atoms with Crippen molar-refractivity contribution < 1.29 is 23.1 Å². The summed E-state index contributed by atoms with van der Waals surface area (Å²) in [4.78, 5) is 16.9. The molecule has 1 aliphatic rings. The average molecular weight is 392 g/mol. The highest BCUT2D eigenvalue weighted by molar-refractivity contribution is 7.89. The second kappa shape index (κ2) is 8.31. The van der Waals surface area contributed by atoms with Crippen LogP contribution >= 0.6 is 11.6 Å². The van der Waals surface area contributed by atoms with Crippen molar-refractivity contribution in [2.75, 3.05) is 45.3 Å². The van der Waals surface area contributed by atoms with E-state index in [9.17, 15) is 13.2 Å². The number of carboxylic acid groups (broad SMARTS) is 1. The highest BCUT2D eigenvalue weighted by Gasteiger charge is 2.34. The molecule has 0 aliphatic carbocycles. The van der Waals surface area contributed by atoms with E-state index in [1.54, 1.807) is 11.9 Å². The van der Waals surface area contributed by atoms with E-state index in [2.05, 4.69) is 4.98 Å². The summed E-state index contributed by atoms with van der Waals surface area (Å²) in [5.41, 5.74) is -0.00534. The zero-order chi connectivity index (χ0) is 18.6. The van der Waals surface area contributed by atoms with Crippen molar-refractivity contribution in [3.05, 3.63) is 22.8 Å². The van der Waals surface area contributed by atoms with Gasteiger partial charge in [-0.25, -0.2) is 22.5 Å². The van der Waals surface area contributed by atoms with E-state index in [4.69, 9.17) is 21.4 Å². The van der Waals surface area contributed by atoms with Crippen LogP contribution in [0.1, 0.15) is 23.2 Å². The maximum Gasteiger partial charge on any atom is 0.337 e. The van der Waals surface area contributed by atoms with Crippen LogP contribution in [0, 0.1) is 0 Å². The second-order valence-corrected chi connectivity index (χ2v) is 8.63. The Balaban J connectivity index is 2.17. The smallest absolute Gasteiger partial charge is 0.337 e. The first-order chi connectivity index (χ1) is 11.8. The lowest BCUT2D eigenvalue weighted by Gasteiger charge is -2.35. The van der Waals surface area contributed by atoms with Crippen LogP contribution in [0.15, 0.2) is 12.3 Å². The molecule has 0 radical (unpaired) electrons. The van der Waals surface area contributed by atoms with E-state index in [1.807, 2.05) is 0 Å². The van der Waals surface area contributed by atoms with E-state index in [0.29, 0.717) is 38.4 Å². The van der Waals surface area contributed by atoms with Crippen molar-refractivity contribution in [3.63, 3.8) is 0 Å². The number of halogens is 1. The lowest BCUT2D eigenvalue weighted by Crippen LogP contribution is -2.47. The quantitative estimate of drug-likeness (QED) is 0.747. The predicted molar refractivity (Wildman–Crippen MR) is 94.9 cm³/mol. The number of pyridine rings is 1. The van der Waals surface area contributed by atoms with Crippen molar-refractivity contribution in [3.8, 4) is 0 Å². The SMILES string of the molecule is COCCN(C)S(=O)(=O)C1CCCN(c2ncc(C(=O)O)cc2Cl)C1. The molecule has 0 amide bonds. The van der Waals surface area contributed by atoms with Gasteiger partial charge in [0, 0.05) is 40.0 Å². The summed E-state index contributed by atoms with van der Waals surface area (Å²) in [5, 5.41) is 8.61. The predicted octanol–water partition coefficient (Wildman–Crippen LogP) is 1.31. The van der Waals surface area contributed by atoms with Gasteiger partial charge in [-0.3, -0.25) is 0 Å². The largest absolute Gasteiger partial charge is 0.478 e. The third-order valence-corrected chi connectivity index (χ3v) is 6.77. The van der Waals surface area contributed by atoms with Gasteiger partial charge < -0.3 is 14.7 Å². The highest BCUT2D eigenvalue weighted by Crippen LogP contribution is 2.29. The molecule has 1 N–H and O–H groups in total. The molecule has 10 heteroatoms. The Kier molecular flexibility index (Phi) is 6.61. The number of likely N-dealkylation sites (N-methyl/N-ethyl adjacent to an activating group) is 1. The van der Waals surface area contributed by atoms with E-state index >= 15 is 0 Å². The lowest BCUT2D eigenvalue weighted by atomic mass is 10.1. The Morgan fingerprint density at radius 3 is 2.88 bits per heavy atom. The number of carboxylic acids is 1. The maximum absolute atomic E-state index is 12.7. The number of hydrogen-bond donors (Lipinski definition) is 1. The molecule has 0 bridgehead atoms. The number of aromatic carboxylic acids is 1. The number of rotatable bonds is 7. The average Bonchev–Trinajstić information content (AvgIpc) is 2.59. The standard InChI is InChI=1S/C15H22ClN3O5S/c1-18(6-7-24-2)25(22,23)12-4-3-5-19(10-12)14-13(16)8-11(9-17-14)15(20)21/h8-9,12H,3-7,10H2,1-2H3,(H,20,21). The Morgan fingerprint density at radius 1 is 1.56 bits per heavy atom. The van der Waals surface area contributed by atoms with Crippen LogP contribution in [0.3, 0.4) is 0 Å². The summed E-state index contributed by atoms with van der Waals surface area (Å²) >= 11 is 6.16. The van der Waals surface area contributed by atoms with Crippen LogP contribution in [-0.2, 0) is 14.8 Å².